The number of benzene rings is 1. The number of nitrogens with zero attached hydrogens (tertiary/aromatic N) is 1. The Morgan fingerprint density at radius 1 is 1.25 bits per heavy atom. The van der Waals surface area contributed by atoms with Crippen LogP contribution >= 0.6 is 15.9 Å². The van der Waals surface area contributed by atoms with Crippen molar-refractivity contribution in [1.82, 2.24) is 4.98 Å². The number of pyridine rings is 1. The lowest BCUT2D eigenvalue weighted by molar-refractivity contribution is 0.619. The van der Waals surface area contributed by atoms with Crippen LogP contribution in [0.15, 0.2) is 41.0 Å². The summed E-state index contributed by atoms with van der Waals surface area (Å²) in [5.41, 5.74) is 1.43. The van der Waals surface area contributed by atoms with Crippen LogP contribution in [0, 0.1) is 12.7 Å². The van der Waals surface area contributed by atoms with E-state index in [0.29, 0.717) is 5.56 Å². The van der Waals surface area contributed by atoms with Crippen LogP contribution in [0.1, 0.15) is 5.56 Å². The maximum Gasteiger partial charge on any atom is 0.131 e. The summed E-state index contributed by atoms with van der Waals surface area (Å²) in [5.74, 6) is 0.521. The van der Waals surface area contributed by atoms with Crippen LogP contribution in [0.5, 0.6) is 0 Å². The van der Waals surface area contributed by atoms with Gasteiger partial charge in [-0.1, -0.05) is 6.07 Å². The first-order chi connectivity index (χ1) is 7.65. The second-order valence-electron chi connectivity index (χ2n) is 3.43. The van der Waals surface area contributed by atoms with Gasteiger partial charge in [0.1, 0.15) is 16.2 Å². The summed E-state index contributed by atoms with van der Waals surface area (Å²) in [7, 11) is 0. The van der Waals surface area contributed by atoms with Crippen molar-refractivity contribution in [3.05, 3.63) is 52.4 Å². The number of hydrogen-bond donors (Lipinski definition) is 1. The van der Waals surface area contributed by atoms with Crippen LogP contribution < -0.4 is 5.32 Å². The number of nitrogens with one attached hydrogen (secondary N) is 1. The molecule has 2 rings (SSSR count). The van der Waals surface area contributed by atoms with Crippen molar-refractivity contribution in [1.29, 1.82) is 0 Å². The number of halogens is 2. The molecular weight excluding hydrogens is 271 g/mol. The highest BCUT2D eigenvalue weighted by Gasteiger charge is 2.00. The van der Waals surface area contributed by atoms with Crippen molar-refractivity contribution < 1.29 is 4.39 Å². The van der Waals surface area contributed by atoms with E-state index in [1.807, 2.05) is 18.2 Å². The first-order valence-electron chi connectivity index (χ1n) is 4.81. The van der Waals surface area contributed by atoms with E-state index in [1.54, 1.807) is 19.1 Å². The number of aryl methyl sites for hydroxylation is 1. The summed E-state index contributed by atoms with van der Waals surface area (Å²) in [6.45, 7) is 1.73. The van der Waals surface area contributed by atoms with Gasteiger partial charge < -0.3 is 5.32 Å². The molecule has 16 heavy (non-hydrogen) atoms. The molecule has 0 amide bonds. The average Bonchev–Trinajstić information content (AvgIpc) is 2.24. The second-order valence-corrected chi connectivity index (χ2v) is 4.25. The highest BCUT2D eigenvalue weighted by molar-refractivity contribution is 9.10. The zero-order valence-electron chi connectivity index (χ0n) is 8.67. The quantitative estimate of drug-likeness (QED) is 0.840. The molecule has 1 heterocycles. The molecule has 4 heteroatoms. The molecule has 2 nitrogen and oxygen atoms in total. The van der Waals surface area contributed by atoms with Crippen LogP contribution in [0.3, 0.4) is 0 Å². The van der Waals surface area contributed by atoms with Gasteiger partial charge in [0.2, 0.25) is 0 Å². The van der Waals surface area contributed by atoms with E-state index in [0.717, 1.165) is 16.1 Å². The van der Waals surface area contributed by atoms with E-state index in [2.05, 4.69) is 26.2 Å². The van der Waals surface area contributed by atoms with Crippen molar-refractivity contribution >= 4 is 27.4 Å². The van der Waals surface area contributed by atoms with E-state index in [-0.39, 0.29) is 5.82 Å². The lowest BCUT2D eigenvalue weighted by atomic mass is 10.2. The summed E-state index contributed by atoms with van der Waals surface area (Å²) in [5, 5.41) is 3.10. The molecule has 0 saturated heterocycles. The molecule has 0 radical (unpaired) electrons. The first-order valence-corrected chi connectivity index (χ1v) is 5.60. The average molecular weight is 281 g/mol. The van der Waals surface area contributed by atoms with Crippen LogP contribution in [0.2, 0.25) is 0 Å². The Kier molecular flexibility index (Phi) is 3.19. The van der Waals surface area contributed by atoms with Gasteiger partial charge in [0.05, 0.1) is 0 Å². The standard InChI is InChI=1S/C12H10BrFN2/c1-8-7-9(5-6-10(8)14)15-12-4-2-3-11(13)16-12/h2-7H,1H3,(H,15,16). The third-order valence-electron chi connectivity index (χ3n) is 2.15. The molecule has 0 saturated carbocycles. The van der Waals surface area contributed by atoms with Crippen LogP contribution in [0.4, 0.5) is 15.9 Å². The molecule has 82 valence electrons. The van der Waals surface area contributed by atoms with Crippen molar-refractivity contribution in [3.8, 4) is 0 Å². The maximum absolute atomic E-state index is 13.1. The topological polar surface area (TPSA) is 24.9 Å². The van der Waals surface area contributed by atoms with Gasteiger partial charge in [-0.2, -0.15) is 0 Å². The second kappa shape index (κ2) is 4.61. The summed E-state index contributed by atoms with van der Waals surface area (Å²) < 4.78 is 13.8. The summed E-state index contributed by atoms with van der Waals surface area (Å²) >= 11 is 3.29. The molecule has 1 N–H and O–H groups in total. The largest absolute Gasteiger partial charge is 0.340 e. The summed E-state index contributed by atoms with van der Waals surface area (Å²) in [4.78, 5) is 4.23. The Bertz CT molecular complexity index is 514. The van der Waals surface area contributed by atoms with Crippen molar-refractivity contribution in [2.75, 3.05) is 5.32 Å². The monoisotopic (exact) mass is 280 g/mol. The van der Waals surface area contributed by atoms with Crippen LogP contribution in [0.25, 0.3) is 0 Å². The molecule has 0 fully saturated rings. The third-order valence-corrected chi connectivity index (χ3v) is 2.59. The smallest absolute Gasteiger partial charge is 0.131 e. The fourth-order valence-corrected chi connectivity index (χ4v) is 1.69. The molecule has 0 spiro atoms. The Morgan fingerprint density at radius 2 is 2.06 bits per heavy atom. The number of aromatic nitrogens is 1. The van der Waals surface area contributed by atoms with Gasteiger partial charge in [0.25, 0.3) is 0 Å². The van der Waals surface area contributed by atoms with Crippen molar-refractivity contribution in [2.45, 2.75) is 6.92 Å². The van der Waals surface area contributed by atoms with E-state index < -0.39 is 0 Å². The minimum Gasteiger partial charge on any atom is -0.340 e. The SMILES string of the molecule is Cc1cc(Nc2cccc(Br)n2)ccc1F. The van der Waals surface area contributed by atoms with Gasteiger partial charge in [-0.25, -0.2) is 9.37 Å². The Labute approximate surface area is 102 Å². The van der Waals surface area contributed by atoms with Gasteiger partial charge in [-0.3, -0.25) is 0 Å². The Balaban J connectivity index is 2.24. The normalized spacial score (nSPS) is 10.2. The molecule has 0 aliphatic carbocycles. The number of rotatable bonds is 2. The van der Waals surface area contributed by atoms with Gasteiger partial charge in [-0.05, 0) is 58.7 Å². The third kappa shape index (κ3) is 2.58. The lowest BCUT2D eigenvalue weighted by Gasteiger charge is -2.06. The molecule has 1 aromatic carbocycles. The van der Waals surface area contributed by atoms with Gasteiger partial charge in [0, 0.05) is 5.69 Å². The lowest BCUT2D eigenvalue weighted by Crippen LogP contribution is -1.94. The molecular formula is C12H10BrFN2. The van der Waals surface area contributed by atoms with E-state index in [4.69, 9.17) is 0 Å². The Morgan fingerprint density at radius 3 is 2.75 bits per heavy atom. The predicted molar refractivity (Wildman–Crippen MR) is 66.4 cm³/mol. The molecule has 0 aliphatic rings. The molecule has 1 aromatic heterocycles. The van der Waals surface area contributed by atoms with Crippen LogP contribution in [-0.4, -0.2) is 4.98 Å². The van der Waals surface area contributed by atoms with Gasteiger partial charge in [0.15, 0.2) is 0 Å². The Hall–Kier alpha value is -1.42. The maximum atomic E-state index is 13.1. The van der Waals surface area contributed by atoms with E-state index in [1.165, 1.54) is 6.07 Å². The zero-order chi connectivity index (χ0) is 11.5. The fourth-order valence-electron chi connectivity index (χ4n) is 1.35. The van der Waals surface area contributed by atoms with Crippen molar-refractivity contribution in [3.63, 3.8) is 0 Å². The van der Waals surface area contributed by atoms with Crippen LogP contribution in [-0.2, 0) is 0 Å². The zero-order valence-corrected chi connectivity index (χ0v) is 10.3. The number of hydrogen-bond acceptors (Lipinski definition) is 2. The summed E-state index contributed by atoms with van der Waals surface area (Å²) in [6, 6.07) is 10.5. The molecule has 0 unspecified atom stereocenters. The molecule has 0 aliphatic heterocycles. The highest BCUT2D eigenvalue weighted by atomic mass is 79.9. The molecule has 0 atom stereocenters. The minimum atomic E-state index is -0.201. The highest BCUT2D eigenvalue weighted by Crippen LogP contribution is 2.19. The van der Waals surface area contributed by atoms with Gasteiger partial charge >= 0.3 is 0 Å². The number of anilines is 2. The first kappa shape index (κ1) is 11.1. The van der Waals surface area contributed by atoms with E-state index >= 15 is 0 Å². The van der Waals surface area contributed by atoms with Crippen molar-refractivity contribution in [2.24, 2.45) is 0 Å². The van der Waals surface area contributed by atoms with Gasteiger partial charge in [-0.15, -0.1) is 0 Å². The summed E-state index contributed by atoms with van der Waals surface area (Å²) in [6.07, 6.45) is 0. The minimum absolute atomic E-state index is 0.201. The predicted octanol–water partition coefficient (Wildman–Crippen LogP) is 4.04. The fraction of sp³-hybridized carbons (Fsp3) is 0.0833. The molecule has 0 bridgehead atoms. The van der Waals surface area contributed by atoms with E-state index in [9.17, 15) is 4.39 Å². The molecule has 2 aromatic rings.